The van der Waals surface area contributed by atoms with Crippen molar-refractivity contribution in [1.29, 1.82) is 0 Å². The summed E-state index contributed by atoms with van der Waals surface area (Å²) in [5.41, 5.74) is 6.91. The number of aryl methyl sites for hydroxylation is 1. The van der Waals surface area contributed by atoms with Gasteiger partial charge in [0.25, 0.3) is 0 Å². The molecule has 20 heavy (non-hydrogen) atoms. The number of nitrogens with zero attached hydrogens (tertiary/aromatic N) is 3. The van der Waals surface area contributed by atoms with Crippen LogP contribution in [0.15, 0.2) is 6.20 Å². The van der Waals surface area contributed by atoms with Crippen molar-refractivity contribution in [2.75, 3.05) is 11.1 Å². The Morgan fingerprint density at radius 3 is 2.70 bits per heavy atom. The SMILES string of the molecule is Cc1cnc(C(C)Nc2nc(C3CC3)nc(N)c2C)s1. The van der Waals surface area contributed by atoms with Crippen LogP contribution >= 0.6 is 11.3 Å². The second-order valence-corrected chi connectivity index (χ2v) is 6.66. The van der Waals surface area contributed by atoms with Crippen LogP contribution in [0.2, 0.25) is 0 Å². The highest BCUT2D eigenvalue weighted by atomic mass is 32.1. The normalized spacial score (nSPS) is 16.1. The van der Waals surface area contributed by atoms with Gasteiger partial charge in [0.05, 0.1) is 6.04 Å². The smallest absolute Gasteiger partial charge is 0.136 e. The van der Waals surface area contributed by atoms with E-state index >= 15 is 0 Å². The van der Waals surface area contributed by atoms with Crippen molar-refractivity contribution in [2.45, 2.75) is 45.6 Å². The Bertz CT molecular complexity index is 632. The molecular formula is C14H19N5S. The monoisotopic (exact) mass is 289 g/mol. The summed E-state index contributed by atoms with van der Waals surface area (Å²) in [4.78, 5) is 14.7. The number of anilines is 2. The van der Waals surface area contributed by atoms with E-state index in [-0.39, 0.29) is 6.04 Å². The summed E-state index contributed by atoms with van der Waals surface area (Å²) in [5.74, 6) is 2.78. The maximum absolute atomic E-state index is 6.00. The molecule has 0 amide bonds. The number of aromatic nitrogens is 3. The molecule has 0 bridgehead atoms. The molecule has 1 aliphatic rings. The number of nitrogens with two attached hydrogens (primary N) is 1. The van der Waals surface area contributed by atoms with Gasteiger partial charge in [0, 0.05) is 22.6 Å². The summed E-state index contributed by atoms with van der Waals surface area (Å²) in [5, 5.41) is 4.48. The van der Waals surface area contributed by atoms with Crippen molar-refractivity contribution in [2.24, 2.45) is 0 Å². The van der Waals surface area contributed by atoms with Crippen molar-refractivity contribution in [3.8, 4) is 0 Å². The van der Waals surface area contributed by atoms with Gasteiger partial charge in [0.2, 0.25) is 0 Å². The van der Waals surface area contributed by atoms with E-state index in [4.69, 9.17) is 5.73 Å². The lowest BCUT2D eigenvalue weighted by atomic mass is 10.2. The maximum Gasteiger partial charge on any atom is 0.136 e. The summed E-state index contributed by atoms with van der Waals surface area (Å²) in [6.07, 6.45) is 4.24. The van der Waals surface area contributed by atoms with E-state index in [1.165, 1.54) is 17.7 Å². The number of hydrogen-bond acceptors (Lipinski definition) is 6. The lowest BCUT2D eigenvalue weighted by Crippen LogP contribution is -2.12. The minimum atomic E-state index is 0.119. The van der Waals surface area contributed by atoms with Gasteiger partial charge in [-0.1, -0.05) is 0 Å². The number of nitrogen functional groups attached to an aromatic ring is 1. The fraction of sp³-hybridized carbons (Fsp3) is 0.500. The van der Waals surface area contributed by atoms with E-state index in [0.29, 0.717) is 11.7 Å². The van der Waals surface area contributed by atoms with E-state index in [2.05, 4.69) is 34.1 Å². The molecule has 0 spiro atoms. The molecule has 0 aromatic carbocycles. The average Bonchev–Trinajstić information content (AvgIpc) is 3.16. The van der Waals surface area contributed by atoms with Crippen LogP contribution in [0.1, 0.15) is 53.0 Å². The van der Waals surface area contributed by atoms with Gasteiger partial charge in [-0.15, -0.1) is 11.3 Å². The molecule has 6 heteroatoms. The lowest BCUT2D eigenvalue weighted by molar-refractivity contribution is 0.841. The van der Waals surface area contributed by atoms with Crippen LogP contribution in [0, 0.1) is 13.8 Å². The topological polar surface area (TPSA) is 76.7 Å². The highest BCUT2D eigenvalue weighted by molar-refractivity contribution is 7.11. The van der Waals surface area contributed by atoms with E-state index in [1.54, 1.807) is 11.3 Å². The molecule has 2 heterocycles. The molecule has 2 aromatic heterocycles. The minimum absolute atomic E-state index is 0.119. The molecule has 0 aliphatic heterocycles. The molecule has 2 aromatic rings. The number of nitrogens with one attached hydrogen (secondary N) is 1. The summed E-state index contributed by atoms with van der Waals surface area (Å²) in [7, 11) is 0. The molecule has 5 nitrogen and oxygen atoms in total. The maximum atomic E-state index is 6.00. The van der Waals surface area contributed by atoms with Gasteiger partial charge in [0.15, 0.2) is 0 Å². The number of thiazole rings is 1. The third kappa shape index (κ3) is 2.60. The highest BCUT2D eigenvalue weighted by Gasteiger charge is 2.28. The molecule has 1 fully saturated rings. The molecular weight excluding hydrogens is 270 g/mol. The fourth-order valence-electron chi connectivity index (χ4n) is 2.06. The summed E-state index contributed by atoms with van der Waals surface area (Å²) in [6.45, 7) is 6.11. The van der Waals surface area contributed by atoms with Crippen LogP contribution in [0.4, 0.5) is 11.6 Å². The second-order valence-electron chi connectivity index (χ2n) is 5.39. The first-order valence-corrected chi connectivity index (χ1v) is 7.69. The predicted molar refractivity (Wildman–Crippen MR) is 82.0 cm³/mol. The van der Waals surface area contributed by atoms with E-state index in [9.17, 15) is 0 Å². The number of hydrogen-bond donors (Lipinski definition) is 2. The van der Waals surface area contributed by atoms with Crippen molar-refractivity contribution in [1.82, 2.24) is 15.0 Å². The van der Waals surface area contributed by atoms with Gasteiger partial charge in [-0.05, 0) is 33.6 Å². The van der Waals surface area contributed by atoms with Crippen LogP contribution in [-0.4, -0.2) is 15.0 Å². The predicted octanol–water partition coefficient (Wildman–Crippen LogP) is 3.18. The van der Waals surface area contributed by atoms with Gasteiger partial charge >= 0.3 is 0 Å². The molecule has 1 saturated carbocycles. The zero-order valence-electron chi connectivity index (χ0n) is 12.0. The van der Waals surface area contributed by atoms with Crippen LogP contribution in [0.5, 0.6) is 0 Å². The van der Waals surface area contributed by atoms with Crippen LogP contribution in [-0.2, 0) is 0 Å². The van der Waals surface area contributed by atoms with E-state index < -0.39 is 0 Å². The third-order valence-electron chi connectivity index (χ3n) is 3.51. The standard InChI is InChI=1S/C14H19N5S/c1-7-6-16-14(20-7)9(3)17-12-8(2)11(15)18-13(19-12)10-4-5-10/h6,9-10H,4-5H2,1-3H3,(H3,15,17,18,19). The van der Waals surface area contributed by atoms with Crippen molar-refractivity contribution < 1.29 is 0 Å². The first-order valence-electron chi connectivity index (χ1n) is 6.87. The Morgan fingerprint density at radius 1 is 1.35 bits per heavy atom. The second kappa shape index (κ2) is 5.01. The van der Waals surface area contributed by atoms with Crippen LogP contribution in [0.25, 0.3) is 0 Å². The molecule has 0 radical (unpaired) electrons. The molecule has 1 unspecified atom stereocenters. The third-order valence-corrected chi connectivity index (χ3v) is 4.60. The Balaban J connectivity index is 1.85. The van der Waals surface area contributed by atoms with Gasteiger partial charge in [0.1, 0.15) is 22.5 Å². The first kappa shape index (κ1) is 13.3. The number of rotatable bonds is 4. The van der Waals surface area contributed by atoms with Gasteiger partial charge in [-0.2, -0.15) is 0 Å². The van der Waals surface area contributed by atoms with Crippen molar-refractivity contribution >= 4 is 23.0 Å². The molecule has 106 valence electrons. The Labute approximate surface area is 122 Å². The molecule has 1 atom stereocenters. The highest BCUT2D eigenvalue weighted by Crippen LogP contribution is 2.39. The van der Waals surface area contributed by atoms with Crippen molar-refractivity contribution in [3.63, 3.8) is 0 Å². The summed E-state index contributed by atoms with van der Waals surface area (Å²) in [6, 6.07) is 0.119. The first-order chi connectivity index (χ1) is 9.54. The van der Waals surface area contributed by atoms with E-state index in [0.717, 1.165) is 22.2 Å². The van der Waals surface area contributed by atoms with Gasteiger partial charge in [-0.3, -0.25) is 0 Å². The minimum Gasteiger partial charge on any atom is -0.383 e. The summed E-state index contributed by atoms with van der Waals surface area (Å²) < 4.78 is 0. The Hall–Kier alpha value is -1.69. The van der Waals surface area contributed by atoms with E-state index in [1.807, 2.05) is 13.1 Å². The largest absolute Gasteiger partial charge is 0.383 e. The molecule has 3 N–H and O–H groups in total. The van der Waals surface area contributed by atoms with Crippen molar-refractivity contribution in [3.05, 3.63) is 27.5 Å². The quantitative estimate of drug-likeness (QED) is 0.904. The summed E-state index contributed by atoms with van der Waals surface area (Å²) >= 11 is 1.70. The lowest BCUT2D eigenvalue weighted by Gasteiger charge is -2.15. The fourth-order valence-corrected chi connectivity index (χ4v) is 2.83. The molecule has 0 saturated heterocycles. The Kier molecular flexibility index (Phi) is 3.33. The van der Waals surface area contributed by atoms with Gasteiger partial charge in [-0.25, -0.2) is 15.0 Å². The zero-order chi connectivity index (χ0) is 14.3. The molecule has 1 aliphatic carbocycles. The Morgan fingerprint density at radius 2 is 2.10 bits per heavy atom. The van der Waals surface area contributed by atoms with Crippen LogP contribution in [0.3, 0.4) is 0 Å². The van der Waals surface area contributed by atoms with Crippen LogP contribution < -0.4 is 11.1 Å². The van der Waals surface area contributed by atoms with Gasteiger partial charge < -0.3 is 11.1 Å². The average molecular weight is 289 g/mol. The zero-order valence-corrected chi connectivity index (χ0v) is 12.8. The molecule has 3 rings (SSSR count).